The number of anilines is 2. The Kier molecular flexibility index (Phi) is 6.48. The Morgan fingerprint density at radius 1 is 1.18 bits per heavy atom. The van der Waals surface area contributed by atoms with Crippen molar-refractivity contribution >= 4 is 28.3 Å². The molecule has 9 nitrogen and oxygen atoms in total. The number of ether oxygens (including phenoxy) is 1. The van der Waals surface area contributed by atoms with Gasteiger partial charge < -0.3 is 21.1 Å². The average Bonchev–Trinajstić information content (AvgIpc) is 2.86. The van der Waals surface area contributed by atoms with Crippen LogP contribution in [0.2, 0.25) is 0 Å². The van der Waals surface area contributed by atoms with Crippen LogP contribution in [-0.4, -0.2) is 46.5 Å². The fourth-order valence-electron chi connectivity index (χ4n) is 3.73. The molecule has 4 rings (SSSR count). The first-order chi connectivity index (χ1) is 16.4. The molecule has 0 aliphatic heterocycles. The molecule has 3 aromatic heterocycles. The van der Waals surface area contributed by atoms with Gasteiger partial charge >= 0.3 is 0 Å². The average molecular weight is 462 g/mol. The maximum atomic E-state index is 14.6. The second-order valence-corrected chi connectivity index (χ2v) is 7.69. The number of carbonyl (C=O) groups is 1. The van der Waals surface area contributed by atoms with Gasteiger partial charge in [0.15, 0.2) is 0 Å². The van der Waals surface area contributed by atoms with E-state index in [0.29, 0.717) is 35.1 Å². The zero-order chi connectivity index (χ0) is 24.2. The Morgan fingerprint density at radius 2 is 2.00 bits per heavy atom. The van der Waals surface area contributed by atoms with E-state index in [4.69, 9.17) is 10.5 Å². The maximum Gasteiger partial charge on any atom is 0.251 e. The van der Waals surface area contributed by atoms with Crippen molar-refractivity contribution in [2.24, 2.45) is 0 Å². The van der Waals surface area contributed by atoms with Crippen molar-refractivity contribution in [2.75, 3.05) is 31.8 Å². The predicted octanol–water partition coefficient (Wildman–Crippen LogP) is 3.39. The maximum absolute atomic E-state index is 14.6. The van der Waals surface area contributed by atoms with Gasteiger partial charge in [0.25, 0.3) is 5.91 Å². The Balaban J connectivity index is 1.57. The van der Waals surface area contributed by atoms with Gasteiger partial charge in [-0.1, -0.05) is 13.0 Å². The number of benzene rings is 1. The molecule has 0 spiro atoms. The minimum Gasteiger partial charge on any atom is -0.480 e. The molecule has 0 aliphatic carbocycles. The van der Waals surface area contributed by atoms with Gasteiger partial charge in [0.2, 0.25) is 5.88 Å². The number of nitrogen functional groups attached to an aromatic ring is 1. The summed E-state index contributed by atoms with van der Waals surface area (Å²) in [7, 11) is 3.01. The molecule has 0 saturated carbocycles. The summed E-state index contributed by atoms with van der Waals surface area (Å²) in [6, 6.07) is 8.11. The van der Waals surface area contributed by atoms with Crippen LogP contribution in [0.25, 0.3) is 22.2 Å². The molecule has 0 bridgehead atoms. The molecule has 1 aromatic carbocycles. The first kappa shape index (κ1) is 22.8. The zero-order valence-corrected chi connectivity index (χ0v) is 19.0. The van der Waals surface area contributed by atoms with Gasteiger partial charge in [-0.25, -0.2) is 19.3 Å². The van der Waals surface area contributed by atoms with E-state index in [2.05, 4.69) is 30.6 Å². The lowest BCUT2D eigenvalue weighted by atomic mass is 9.95. The third-order valence-corrected chi connectivity index (χ3v) is 5.50. The van der Waals surface area contributed by atoms with Gasteiger partial charge in [-0.3, -0.25) is 9.78 Å². The number of fused-ring (bicyclic) bond motifs is 1. The molecular weight excluding hydrogens is 437 g/mol. The van der Waals surface area contributed by atoms with Crippen LogP contribution in [0.1, 0.15) is 28.8 Å². The summed E-state index contributed by atoms with van der Waals surface area (Å²) in [6.07, 6.45) is 4.60. The lowest BCUT2D eigenvalue weighted by Crippen LogP contribution is -2.19. The first-order valence-electron chi connectivity index (χ1n) is 10.6. The molecule has 3 heterocycles. The van der Waals surface area contributed by atoms with E-state index in [-0.39, 0.29) is 22.8 Å². The molecule has 1 atom stereocenters. The van der Waals surface area contributed by atoms with Crippen LogP contribution >= 0.6 is 0 Å². The van der Waals surface area contributed by atoms with Crippen molar-refractivity contribution < 1.29 is 13.9 Å². The van der Waals surface area contributed by atoms with E-state index >= 15 is 0 Å². The highest BCUT2D eigenvalue weighted by molar-refractivity contribution is 6.06. The normalized spacial score (nSPS) is 11.8. The van der Waals surface area contributed by atoms with E-state index in [1.807, 2.05) is 6.92 Å². The Morgan fingerprint density at radius 3 is 2.74 bits per heavy atom. The highest BCUT2D eigenvalue weighted by Gasteiger charge is 2.18. The minimum atomic E-state index is -0.488. The topological polar surface area (TPSA) is 128 Å². The number of carbonyl (C=O) groups excluding carboxylic acids is 1. The minimum absolute atomic E-state index is 0.0627. The van der Waals surface area contributed by atoms with Gasteiger partial charge in [0.1, 0.15) is 18.0 Å². The van der Waals surface area contributed by atoms with Crippen LogP contribution in [0.3, 0.4) is 0 Å². The number of nitrogens with two attached hydrogens (primary N) is 1. The highest BCUT2D eigenvalue weighted by atomic mass is 19.1. The van der Waals surface area contributed by atoms with Gasteiger partial charge in [-0.05, 0) is 23.8 Å². The fourth-order valence-corrected chi connectivity index (χ4v) is 3.73. The van der Waals surface area contributed by atoms with Crippen LogP contribution < -0.4 is 21.1 Å². The largest absolute Gasteiger partial charge is 0.480 e. The number of aromatic nitrogens is 4. The molecule has 10 heteroatoms. The molecule has 0 unspecified atom stereocenters. The van der Waals surface area contributed by atoms with Crippen LogP contribution in [0.5, 0.6) is 5.88 Å². The van der Waals surface area contributed by atoms with Crippen LogP contribution in [0.15, 0.2) is 49.1 Å². The number of hydrogen-bond acceptors (Lipinski definition) is 8. The van der Waals surface area contributed by atoms with Crippen molar-refractivity contribution in [3.63, 3.8) is 0 Å². The van der Waals surface area contributed by atoms with Crippen molar-refractivity contribution in [3.8, 4) is 17.1 Å². The summed E-state index contributed by atoms with van der Waals surface area (Å²) in [4.78, 5) is 29.4. The number of nitrogens with one attached hydrogen (secondary N) is 2. The number of rotatable bonds is 7. The van der Waals surface area contributed by atoms with Gasteiger partial charge in [-0.15, -0.1) is 0 Å². The number of halogens is 1. The number of nitrogens with zero attached hydrogens (tertiary/aromatic N) is 4. The number of pyridine rings is 2. The molecule has 4 N–H and O–H groups in total. The SMILES string of the molecule is CNC(=O)c1ccnc2c([C@H](C)CNc3cc(-c4cnc(OC)c(N)c4)ncn3)ccc(F)c12. The Hall–Kier alpha value is -4.34. The molecule has 34 heavy (non-hydrogen) atoms. The summed E-state index contributed by atoms with van der Waals surface area (Å²) in [5, 5.41) is 6.04. The van der Waals surface area contributed by atoms with Crippen molar-refractivity contribution in [1.82, 2.24) is 25.3 Å². The van der Waals surface area contributed by atoms with E-state index < -0.39 is 5.82 Å². The summed E-state index contributed by atoms with van der Waals surface area (Å²) in [5.41, 5.74) is 9.27. The summed E-state index contributed by atoms with van der Waals surface area (Å²) < 4.78 is 19.7. The fraction of sp³-hybridized carbons (Fsp3) is 0.208. The molecule has 4 aromatic rings. The van der Waals surface area contributed by atoms with E-state index in [9.17, 15) is 9.18 Å². The summed E-state index contributed by atoms with van der Waals surface area (Å²) in [6.45, 7) is 2.48. The van der Waals surface area contributed by atoms with Crippen molar-refractivity contribution in [2.45, 2.75) is 12.8 Å². The van der Waals surface area contributed by atoms with Gasteiger partial charge in [-0.2, -0.15) is 0 Å². The Labute approximate surface area is 195 Å². The van der Waals surface area contributed by atoms with Crippen LogP contribution in [-0.2, 0) is 0 Å². The van der Waals surface area contributed by atoms with Gasteiger partial charge in [0, 0.05) is 48.9 Å². The molecule has 0 aliphatic rings. The molecule has 174 valence electrons. The quantitative estimate of drug-likeness (QED) is 0.382. The molecular formula is C24H24FN7O2. The van der Waals surface area contributed by atoms with E-state index in [0.717, 1.165) is 11.1 Å². The van der Waals surface area contributed by atoms with E-state index in [1.165, 1.54) is 38.8 Å². The molecule has 1 amide bonds. The Bertz CT molecular complexity index is 1360. The first-order valence-corrected chi connectivity index (χ1v) is 10.6. The number of amides is 1. The van der Waals surface area contributed by atoms with Crippen molar-refractivity contribution in [3.05, 3.63) is 66.0 Å². The third-order valence-electron chi connectivity index (χ3n) is 5.50. The predicted molar refractivity (Wildman–Crippen MR) is 128 cm³/mol. The van der Waals surface area contributed by atoms with Crippen LogP contribution in [0, 0.1) is 5.82 Å². The zero-order valence-electron chi connectivity index (χ0n) is 19.0. The molecule has 0 saturated heterocycles. The van der Waals surface area contributed by atoms with Gasteiger partial charge in [0.05, 0.1) is 29.6 Å². The summed E-state index contributed by atoms with van der Waals surface area (Å²) >= 11 is 0. The second-order valence-electron chi connectivity index (χ2n) is 7.69. The highest BCUT2D eigenvalue weighted by Crippen LogP contribution is 2.29. The molecule has 0 radical (unpaired) electrons. The smallest absolute Gasteiger partial charge is 0.251 e. The standard InChI is InChI=1S/C24H24FN7O2/c1-13(15-4-5-17(25)21-16(23(33)27-2)6-7-28-22(15)21)10-29-20-9-19(31-12-32-20)14-8-18(26)24(34-3)30-11-14/h4-9,11-13H,10,26H2,1-3H3,(H,27,33)(H,29,31,32)/t13-/m1/s1. The second kappa shape index (κ2) is 9.65. The lowest BCUT2D eigenvalue weighted by molar-refractivity contribution is 0.0964. The monoisotopic (exact) mass is 461 g/mol. The number of methoxy groups -OCH3 is 1. The lowest BCUT2D eigenvalue weighted by Gasteiger charge is -2.17. The summed E-state index contributed by atoms with van der Waals surface area (Å²) in [5.74, 6) is 0.0448. The van der Waals surface area contributed by atoms with E-state index in [1.54, 1.807) is 24.4 Å². The van der Waals surface area contributed by atoms with Crippen LogP contribution in [0.4, 0.5) is 15.9 Å². The number of hydrogen-bond donors (Lipinski definition) is 3. The third kappa shape index (κ3) is 4.42. The van der Waals surface area contributed by atoms with Crippen molar-refractivity contribution in [1.29, 1.82) is 0 Å². The molecule has 0 fully saturated rings.